The van der Waals surface area contributed by atoms with Crippen molar-refractivity contribution in [2.75, 3.05) is 0 Å². The molecule has 3 aromatic carbocycles. The van der Waals surface area contributed by atoms with Gasteiger partial charge >= 0.3 is 0 Å². The maximum absolute atomic E-state index is 14.1. The monoisotopic (exact) mass is 396 g/mol. The lowest BCUT2D eigenvalue weighted by molar-refractivity contribution is 0.441. The number of para-hydroxylation sites is 1. The summed E-state index contributed by atoms with van der Waals surface area (Å²) in [5.74, 6) is 2.50. The van der Waals surface area contributed by atoms with Gasteiger partial charge in [-0.05, 0) is 66.8 Å². The Kier molecular flexibility index (Phi) is 6.68. The van der Waals surface area contributed by atoms with Crippen molar-refractivity contribution < 1.29 is 13.5 Å². The summed E-state index contributed by atoms with van der Waals surface area (Å²) in [5.41, 5.74) is 1.78. The van der Waals surface area contributed by atoms with E-state index in [2.05, 4.69) is 5.92 Å². The second-order valence-electron chi connectivity index (χ2n) is 6.46. The van der Waals surface area contributed by atoms with Crippen molar-refractivity contribution in [2.24, 2.45) is 0 Å². The fourth-order valence-electron chi connectivity index (χ4n) is 2.98. The summed E-state index contributed by atoms with van der Waals surface area (Å²) in [7, 11) is 0. The van der Waals surface area contributed by atoms with Gasteiger partial charge in [-0.1, -0.05) is 47.9 Å². The van der Waals surface area contributed by atoms with Crippen molar-refractivity contribution in [1.29, 1.82) is 0 Å². The highest BCUT2D eigenvalue weighted by Crippen LogP contribution is 2.28. The van der Waals surface area contributed by atoms with E-state index >= 15 is 0 Å². The van der Waals surface area contributed by atoms with E-state index in [1.165, 1.54) is 12.1 Å². The van der Waals surface area contributed by atoms with Gasteiger partial charge < -0.3 is 4.74 Å². The minimum absolute atomic E-state index is 0.0685. The van der Waals surface area contributed by atoms with Crippen molar-refractivity contribution in [3.63, 3.8) is 0 Å². The van der Waals surface area contributed by atoms with Crippen LogP contribution in [0.4, 0.5) is 8.78 Å². The summed E-state index contributed by atoms with van der Waals surface area (Å²) < 4.78 is 33.0. The minimum Gasteiger partial charge on any atom is -0.454 e. The van der Waals surface area contributed by atoms with Crippen LogP contribution in [0.25, 0.3) is 0 Å². The van der Waals surface area contributed by atoms with E-state index in [4.69, 9.17) is 22.8 Å². The molecule has 1 nitrogen and oxygen atoms in total. The normalized spacial score (nSPS) is 11.6. The molecule has 3 aromatic rings. The van der Waals surface area contributed by atoms with Crippen molar-refractivity contribution in [3.8, 4) is 23.8 Å². The minimum atomic E-state index is -0.460. The highest BCUT2D eigenvalue weighted by molar-refractivity contribution is 6.30. The maximum atomic E-state index is 14.1. The van der Waals surface area contributed by atoms with Crippen LogP contribution in [0.2, 0.25) is 5.02 Å². The van der Waals surface area contributed by atoms with Gasteiger partial charge in [-0.15, -0.1) is 6.42 Å². The second kappa shape index (κ2) is 9.39. The van der Waals surface area contributed by atoms with Gasteiger partial charge in [-0.3, -0.25) is 0 Å². The Bertz CT molecular complexity index is 980. The first-order chi connectivity index (χ1) is 13.6. The van der Waals surface area contributed by atoms with Gasteiger partial charge in [0.15, 0.2) is 11.6 Å². The molecule has 0 amide bonds. The van der Waals surface area contributed by atoms with Crippen LogP contribution in [0.3, 0.4) is 0 Å². The second-order valence-corrected chi connectivity index (χ2v) is 6.87. The van der Waals surface area contributed by atoms with Gasteiger partial charge in [0.1, 0.15) is 11.6 Å². The third-order valence-electron chi connectivity index (χ3n) is 4.47. The number of benzene rings is 3. The molecular weight excluding hydrogens is 378 g/mol. The third-order valence-corrected chi connectivity index (χ3v) is 4.76. The zero-order valence-electron chi connectivity index (χ0n) is 15.2. The molecule has 0 aliphatic heterocycles. The number of ether oxygens (including phenoxy) is 1. The Morgan fingerprint density at radius 3 is 2.43 bits per heavy atom. The van der Waals surface area contributed by atoms with E-state index in [9.17, 15) is 8.78 Å². The van der Waals surface area contributed by atoms with Gasteiger partial charge in [-0.25, -0.2) is 8.78 Å². The Morgan fingerprint density at radius 1 is 0.964 bits per heavy atom. The molecular formula is C24H19ClF2O. The maximum Gasteiger partial charge on any atom is 0.165 e. The summed E-state index contributed by atoms with van der Waals surface area (Å²) in [6.07, 6.45) is 7.87. The van der Waals surface area contributed by atoms with E-state index in [0.717, 1.165) is 24.0 Å². The predicted octanol–water partition coefficient (Wildman–Crippen LogP) is 7.15. The zero-order valence-corrected chi connectivity index (χ0v) is 15.9. The first-order valence-electron chi connectivity index (χ1n) is 8.99. The van der Waals surface area contributed by atoms with E-state index < -0.39 is 11.6 Å². The summed E-state index contributed by atoms with van der Waals surface area (Å²) in [4.78, 5) is 0. The predicted molar refractivity (Wildman–Crippen MR) is 109 cm³/mol. The zero-order chi connectivity index (χ0) is 19.9. The topological polar surface area (TPSA) is 9.23 Å². The standard InChI is InChI=1S/C24H19ClF2O/c1-2-18(19-12-14-22(26)21(25)16-19)8-6-7-17-11-13-23(27)24(15-17)28-20-9-4-3-5-10-20/h1,3-5,9-16,18H,6-8H2. The van der Waals surface area contributed by atoms with Crippen LogP contribution in [-0.2, 0) is 6.42 Å². The Labute approximate surface area is 168 Å². The van der Waals surface area contributed by atoms with Gasteiger partial charge in [0.25, 0.3) is 0 Å². The molecule has 0 saturated carbocycles. The molecule has 0 bridgehead atoms. The molecule has 0 radical (unpaired) electrons. The van der Waals surface area contributed by atoms with Gasteiger partial charge in [0.05, 0.1) is 5.02 Å². The van der Waals surface area contributed by atoms with Crippen LogP contribution in [-0.4, -0.2) is 0 Å². The van der Waals surface area contributed by atoms with Crippen LogP contribution in [0.1, 0.15) is 29.9 Å². The number of rotatable bonds is 7. The molecule has 0 aliphatic carbocycles. The van der Waals surface area contributed by atoms with Crippen molar-refractivity contribution in [2.45, 2.75) is 25.2 Å². The molecule has 3 rings (SSSR count). The van der Waals surface area contributed by atoms with Crippen molar-refractivity contribution in [3.05, 3.63) is 94.5 Å². The Balaban J connectivity index is 1.63. The molecule has 28 heavy (non-hydrogen) atoms. The lowest BCUT2D eigenvalue weighted by Gasteiger charge is -2.12. The molecule has 0 heterocycles. The summed E-state index contributed by atoms with van der Waals surface area (Å²) >= 11 is 5.85. The summed E-state index contributed by atoms with van der Waals surface area (Å²) in [5, 5.41) is 0.0685. The molecule has 1 unspecified atom stereocenters. The number of hydrogen-bond acceptors (Lipinski definition) is 1. The molecule has 0 saturated heterocycles. The first-order valence-corrected chi connectivity index (χ1v) is 9.37. The summed E-state index contributed by atoms with van der Waals surface area (Å²) in [6, 6.07) is 18.5. The average Bonchev–Trinajstić information content (AvgIpc) is 2.71. The molecule has 1 atom stereocenters. The fraction of sp³-hybridized carbons (Fsp3) is 0.167. The van der Waals surface area contributed by atoms with Gasteiger partial charge in [0, 0.05) is 5.92 Å². The van der Waals surface area contributed by atoms with E-state index in [1.54, 1.807) is 36.4 Å². The smallest absolute Gasteiger partial charge is 0.165 e. The molecule has 0 spiro atoms. The molecule has 0 fully saturated rings. The highest BCUT2D eigenvalue weighted by atomic mass is 35.5. The lowest BCUT2D eigenvalue weighted by Crippen LogP contribution is -1.98. The molecule has 4 heteroatoms. The fourth-order valence-corrected chi connectivity index (χ4v) is 3.17. The molecule has 0 aliphatic rings. The van der Waals surface area contributed by atoms with Crippen LogP contribution in [0.5, 0.6) is 11.5 Å². The van der Waals surface area contributed by atoms with E-state index in [1.807, 2.05) is 18.2 Å². The molecule has 0 aromatic heterocycles. The van der Waals surface area contributed by atoms with Gasteiger partial charge in [-0.2, -0.15) is 0 Å². The highest BCUT2D eigenvalue weighted by Gasteiger charge is 2.12. The number of hydrogen-bond donors (Lipinski definition) is 0. The quantitative estimate of drug-likeness (QED) is 0.385. The third kappa shape index (κ3) is 5.12. The number of halogens is 3. The Hall–Kier alpha value is -2.83. The van der Waals surface area contributed by atoms with Crippen LogP contribution >= 0.6 is 11.6 Å². The van der Waals surface area contributed by atoms with Crippen LogP contribution in [0.15, 0.2) is 66.7 Å². The average molecular weight is 397 g/mol. The summed E-state index contributed by atoms with van der Waals surface area (Å²) in [6.45, 7) is 0. The first kappa shape index (κ1) is 19.9. The van der Waals surface area contributed by atoms with Gasteiger partial charge in [0.2, 0.25) is 0 Å². The largest absolute Gasteiger partial charge is 0.454 e. The number of terminal acetylenes is 1. The Morgan fingerprint density at radius 2 is 1.71 bits per heavy atom. The SMILES string of the molecule is C#CC(CCCc1ccc(F)c(Oc2ccccc2)c1)c1ccc(F)c(Cl)c1. The van der Waals surface area contributed by atoms with Crippen LogP contribution in [0, 0.1) is 24.0 Å². The molecule has 0 N–H and O–H groups in total. The molecule has 142 valence electrons. The van der Waals surface area contributed by atoms with E-state index in [-0.39, 0.29) is 16.7 Å². The van der Waals surface area contributed by atoms with E-state index in [0.29, 0.717) is 12.2 Å². The van der Waals surface area contributed by atoms with Crippen LogP contribution < -0.4 is 4.74 Å². The lowest BCUT2D eigenvalue weighted by atomic mass is 9.93. The number of aryl methyl sites for hydroxylation is 1. The van der Waals surface area contributed by atoms with Crippen molar-refractivity contribution in [1.82, 2.24) is 0 Å². The van der Waals surface area contributed by atoms with Crippen molar-refractivity contribution >= 4 is 11.6 Å².